The monoisotopic (exact) mass is 284 g/mol. The van der Waals surface area contributed by atoms with E-state index < -0.39 is 6.10 Å². The number of ether oxygens (including phenoxy) is 1. The third-order valence-electron chi connectivity index (χ3n) is 2.56. The molecule has 86 valence electrons. The summed E-state index contributed by atoms with van der Waals surface area (Å²) < 4.78 is 8.06. The highest BCUT2D eigenvalue weighted by molar-refractivity contribution is 9.10. The van der Waals surface area contributed by atoms with Crippen molar-refractivity contribution in [2.45, 2.75) is 13.0 Å². The molecule has 2 rings (SSSR count). The standard InChI is InChI=1S/C11H13BrN2O2/c1-6(15)11-13-9-8(16-3)5-4-7(12)10(9)14(11)2/h4-6,15H,1-3H3. The Labute approximate surface area is 102 Å². The Morgan fingerprint density at radius 1 is 1.50 bits per heavy atom. The van der Waals surface area contributed by atoms with E-state index in [1.54, 1.807) is 14.0 Å². The Hall–Kier alpha value is -1.07. The van der Waals surface area contributed by atoms with Crippen molar-refractivity contribution in [2.24, 2.45) is 7.05 Å². The average molecular weight is 285 g/mol. The maximum Gasteiger partial charge on any atom is 0.146 e. The van der Waals surface area contributed by atoms with Gasteiger partial charge in [-0.25, -0.2) is 4.98 Å². The zero-order valence-corrected chi connectivity index (χ0v) is 10.9. The lowest BCUT2D eigenvalue weighted by molar-refractivity contribution is 0.186. The van der Waals surface area contributed by atoms with Crippen molar-refractivity contribution in [3.05, 3.63) is 22.4 Å². The SMILES string of the molecule is COc1ccc(Br)c2c1nc(C(C)O)n2C. The normalized spacial score (nSPS) is 13.1. The minimum absolute atomic E-state index is 0.603. The van der Waals surface area contributed by atoms with Crippen molar-refractivity contribution >= 4 is 27.0 Å². The molecule has 1 N–H and O–H groups in total. The van der Waals surface area contributed by atoms with Crippen molar-refractivity contribution < 1.29 is 9.84 Å². The van der Waals surface area contributed by atoms with E-state index in [4.69, 9.17) is 4.74 Å². The summed E-state index contributed by atoms with van der Waals surface area (Å²) in [6.45, 7) is 1.70. The first-order chi connectivity index (χ1) is 7.56. The first kappa shape index (κ1) is 11.4. The second kappa shape index (κ2) is 4.07. The summed E-state index contributed by atoms with van der Waals surface area (Å²) in [4.78, 5) is 4.40. The zero-order chi connectivity index (χ0) is 11.9. The number of aromatic nitrogens is 2. The number of halogens is 1. The summed E-state index contributed by atoms with van der Waals surface area (Å²) in [5.41, 5.74) is 1.69. The molecule has 1 atom stereocenters. The minimum Gasteiger partial charge on any atom is -0.494 e. The number of benzene rings is 1. The van der Waals surface area contributed by atoms with Gasteiger partial charge >= 0.3 is 0 Å². The number of hydrogen-bond acceptors (Lipinski definition) is 3. The number of imidazole rings is 1. The van der Waals surface area contributed by atoms with Gasteiger partial charge in [-0.05, 0) is 35.0 Å². The van der Waals surface area contributed by atoms with Gasteiger partial charge in [0.25, 0.3) is 0 Å². The first-order valence-corrected chi connectivity index (χ1v) is 5.72. The van der Waals surface area contributed by atoms with Crippen LogP contribution in [0.2, 0.25) is 0 Å². The lowest BCUT2D eigenvalue weighted by Crippen LogP contribution is -2.01. The number of rotatable bonds is 2. The molecule has 16 heavy (non-hydrogen) atoms. The predicted octanol–water partition coefficient (Wildman–Crippen LogP) is 2.40. The fraction of sp³-hybridized carbons (Fsp3) is 0.364. The second-order valence-electron chi connectivity index (χ2n) is 3.65. The van der Waals surface area contributed by atoms with Crippen LogP contribution >= 0.6 is 15.9 Å². The van der Waals surface area contributed by atoms with Gasteiger partial charge in [-0.1, -0.05) is 0 Å². The fourth-order valence-corrected chi connectivity index (χ4v) is 2.39. The number of methoxy groups -OCH3 is 1. The Kier molecular flexibility index (Phi) is 2.90. The molecule has 1 aromatic carbocycles. The molecule has 1 heterocycles. The summed E-state index contributed by atoms with van der Waals surface area (Å²) >= 11 is 3.48. The third kappa shape index (κ3) is 1.60. The number of nitrogens with zero attached hydrogens (tertiary/aromatic N) is 2. The largest absolute Gasteiger partial charge is 0.494 e. The Bertz CT molecular complexity index is 534. The summed E-state index contributed by atoms with van der Waals surface area (Å²) in [6.07, 6.45) is -0.603. The minimum atomic E-state index is -0.603. The molecule has 0 radical (unpaired) electrons. The van der Waals surface area contributed by atoms with Crippen LogP contribution in [0.5, 0.6) is 5.75 Å². The Morgan fingerprint density at radius 3 is 2.75 bits per heavy atom. The number of aliphatic hydroxyl groups excluding tert-OH is 1. The van der Waals surface area contributed by atoms with Crippen LogP contribution in [0.1, 0.15) is 18.9 Å². The van der Waals surface area contributed by atoms with Crippen LogP contribution in [-0.2, 0) is 7.05 Å². The molecule has 0 aliphatic heterocycles. The van der Waals surface area contributed by atoms with Crippen LogP contribution in [0, 0.1) is 0 Å². The molecule has 0 spiro atoms. The second-order valence-corrected chi connectivity index (χ2v) is 4.51. The van der Waals surface area contributed by atoms with Crippen LogP contribution in [0.4, 0.5) is 0 Å². The molecule has 0 amide bonds. The fourth-order valence-electron chi connectivity index (χ4n) is 1.81. The van der Waals surface area contributed by atoms with E-state index in [1.165, 1.54) is 0 Å². The van der Waals surface area contributed by atoms with E-state index in [0.29, 0.717) is 11.6 Å². The molecule has 0 fully saturated rings. The smallest absolute Gasteiger partial charge is 0.146 e. The van der Waals surface area contributed by atoms with E-state index >= 15 is 0 Å². The van der Waals surface area contributed by atoms with E-state index in [0.717, 1.165) is 15.5 Å². The van der Waals surface area contributed by atoms with Gasteiger partial charge in [0.2, 0.25) is 0 Å². The van der Waals surface area contributed by atoms with Crippen molar-refractivity contribution in [3.63, 3.8) is 0 Å². The van der Waals surface area contributed by atoms with Gasteiger partial charge in [-0.3, -0.25) is 0 Å². The maximum absolute atomic E-state index is 9.62. The van der Waals surface area contributed by atoms with E-state index in [1.807, 2.05) is 23.7 Å². The van der Waals surface area contributed by atoms with Gasteiger partial charge in [0, 0.05) is 11.5 Å². The van der Waals surface area contributed by atoms with Gasteiger partial charge in [0.1, 0.15) is 23.2 Å². The Balaban J connectivity index is 2.83. The Morgan fingerprint density at radius 2 is 2.19 bits per heavy atom. The van der Waals surface area contributed by atoms with Gasteiger partial charge in [-0.15, -0.1) is 0 Å². The summed E-state index contributed by atoms with van der Waals surface area (Å²) in [6, 6.07) is 3.76. The van der Waals surface area contributed by atoms with Crippen molar-refractivity contribution in [1.82, 2.24) is 9.55 Å². The van der Waals surface area contributed by atoms with E-state index in [-0.39, 0.29) is 0 Å². The molecular formula is C11H13BrN2O2. The topological polar surface area (TPSA) is 47.3 Å². The number of fused-ring (bicyclic) bond motifs is 1. The molecule has 0 aliphatic rings. The van der Waals surface area contributed by atoms with Gasteiger partial charge < -0.3 is 14.4 Å². The van der Waals surface area contributed by atoms with Crippen LogP contribution in [0.15, 0.2) is 16.6 Å². The number of aliphatic hydroxyl groups is 1. The number of aryl methyl sites for hydroxylation is 1. The van der Waals surface area contributed by atoms with Crippen molar-refractivity contribution in [1.29, 1.82) is 0 Å². The third-order valence-corrected chi connectivity index (χ3v) is 3.20. The number of hydrogen-bond donors (Lipinski definition) is 1. The van der Waals surface area contributed by atoms with Crippen LogP contribution in [0.3, 0.4) is 0 Å². The van der Waals surface area contributed by atoms with Crippen LogP contribution in [-0.4, -0.2) is 21.8 Å². The van der Waals surface area contributed by atoms with Crippen molar-refractivity contribution in [3.8, 4) is 5.75 Å². The molecular weight excluding hydrogens is 272 g/mol. The van der Waals surface area contributed by atoms with E-state index in [9.17, 15) is 5.11 Å². The molecule has 5 heteroatoms. The molecule has 0 saturated carbocycles. The molecule has 4 nitrogen and oxygen atoms in total. The molecule has 0 aliphatic carbocycles. The molecule has 2 aromatic rings. The summed E-state index contributed by atoms with van der Waals surface area (Å²) in [5.74, 6) is 1.33. The summed E-state index contributed by atoms with van der Waals surface area (Å²) in [7, 11) is 3.49. The summed E-state index contributed by atoms with van der Waals surface area (Å²) in [5, 5.41) is 9.62. The predicted molar refractivity (Wildman–Crippen MR) is 65.6 cm³/mol. The molecule has 0 saturated heterocycles. The maximum atomic E-state index is 9.62. The lowest BCUT2D eigenvalue weighted by Gasteiger charge is -2.05. The highest BCUT2D eigenvalue weighted by Crippen LogP contribution is 2.32. The van der Waals surface area contributed by atoms with Crippen LogP contribution < -0.4 is 4.74 Å². The molecule has 0 bridgehead atoms. The highest BCUT2D eigenvalue weighted by atomic mass is 79.9. The van der Waals surface area contributed by atoms with Gasteiger partial charge in [-0.2, -0.15) is 0 Å². The van der Waals surface area contributed by atoms with Gasteiger partial charge in [0.05, 0.1) is 12.6 Å². The quantitative estimate of drug-likeness (QED) is 0.921. The first-order valence-electron chi connectivity index (χ1n) is 4.93. The lowest BCUT2D eigenvalue weighted by atomic mass is 10.3. The highest BCUT2D eigenvalue weighted by Gasteiger charge is 2.17. The molecule has 1 unspecified atom stereocenters. The van der Waals surface area contributed by atoms with Crippen molar-refractivity contribution in [2.75, 3.05) is 7.11 Å². The molecule has 1 aromatic heterocycles. The zero-order valence-electron chi connectivity index (χ0n) is 9.36. The van der Waals surface area contributed by atoms with E-state index in [2.05, 4.69) is 20.9 Å². The van der Waals surface area contributed by atoms with Gasteiger partial charge in [0.15, 0.2) is 0 Å². The van der Waals surface area contributed by atoms with Crippen LogP contribution in [0.25, 0.3) is 11.0 Å². The average Bonchev–Trinajstić information content (AvgIpc) is 2.58.